The fourth-order valence-corrected chi connectivity index (χ4v) is 2.81. The van der Waals surface area contributed by atoms with Gasteiger partial charge in [-0.2, -0.15) is 0 Å². The van der Waals surface area contributed by atoms with Crippen LogP contribution in [0.1, 0.15) is 31.7 Å². The van der Waals surface area contributed by atoms with E-state index >= 15 is 0 Å². The third-order valence-corrected chi connectivity index (χ3v) is 4.35. The minimum absolute atomic E-state index is 0.240. The van der Waals surface area contributed by atoms with Gasteiger partial charge in [0.05, 0.1) is 0 Å². The molecule has 0 spiro atoms. The molecule has 0 aliphatic heterocycles. The van der Waals surface area contributed by atoms with Gasteiger partial charge in [-0.15, -0.1) is 0 Å². The second-order valence-corrected chi connectivity index (χ2v) is 5.59. The summed E-state index contributed by atoms with van der Waals surface area (Å²) in [5.41, 5.74) is 7.66. The maximum atomic E-state index is 6.02. The molecule has 0 bridgehead atoms. The van der Waals surface area contributed by atoms with E-state index in [1.54, 1.807) is 0 Å². The fraction of sp³-hybridized carbons (Fsp3) is 0.500. The lowest BCUT2D eigenvalue weighted by Gasteiger charge is -2.51. The van der Waals surface area contributed by atoms with E-state index < -0.39 is 0 Å². The summed E-state index contributed by atoms with van der Waals surface area (Å²) in [6.45, 7) is 4.51. The number of hydrogen-bond donors (Lipinski definition) is 1. The summed E-state index contributed by atoms with van der Waals surface area (Å²) in [6.07, 6.45) is 1.11. The molecule has 0 heterocycles. The molecule has 0 amide bonds. The predicted octanol–water partition coefficient (Wildman–Crippen LogP) is 3.29. The minimum atomic E-state index is 0.240. The average Bonchev–Trinajstić information content (AvgIpc) is 2.16. The van der Waals surface area contributed by atoms with Crippen LogP contribution in [-0.4, -0.2) is 6.04 Å². The monoisotopic (exact) mass is 253 g/mol. The van der Waals surface area contributed by atoms with E-state index in [0.29, 0.717) is 12.0 Å². The number of hydrogen-bond acceptors (Lipinski definition) is 1. The number of halogens is 1. The molecule has 2 heteroatoms. The van der Waals surface area contributed by atoms with Crippen LogP contribution in [0.5, 0.6) is 0 Å². The number of rotatable bonds is 1. The van der Waals surface area contributed by atoms with E-state index in [1.807, 2.05) is 0 Å². The Bertz CT molecular complexity index is 346. The zero-order valence-corrected chi connectivity index (χ0v) is 10.2. The molecule has 1 aliphatic rings. The molecule has 1 saturated carbocycles. The van der Waals surface area contributed by atoms with Crippen molar-refractivity contribution in [3.8, 4) is 0 Å². The highest BCUT2D eigenvalue weighted by Gasteiger charge is 2.46. The molecule has 1 fully saturated rings. The molecule has 1 aromatic rings. The van der Waals surface area contributed by atoms with Gasteiger partial charge < -0.3 is 5.73 Å². The molecule has 1 nitrogen and oxygen atoms in total. The maximum Gasteiger partial charge on any atom is 0.0210 e. The van der Waals surface area contributed by atoms with Crippen LogP contribution in [0.3, 0.4) is 0 Å². The molecule has 76 valence electrons. The third kappa shape index (κ3) is 1.41. The normalized spacial score (nSPS) is 29.7. The molecule has 2 atom stereocenters. The van der Waals surface area contributed by atoms with Gasteiger partial charge in [0.2, 0.25) is 0 Å². The molecule has 1 aromatic carbocycles. The summed E-state index contributed by atoms with van der Waals surface area (Å²) in [5, 5.41) is 0. The first-order valence-corrected chi connectivity index (χ1v) is 5.83. The maximum absolute atomic E-state index is 6.02. The largest absolute Gasteiger partial charge is 0.327 e. The van der Waals surface area contributed by atoms with Gasteiger partial charge in [0.15, 0.2) is 0 Å². The summed E-state index contributed by atoms with van der Waals surface area (Å²) in [7, 11) is 0. The predicted molar refractivity (Wildman–Crippen MR) is 63.3 cm³/mol. The highest BCUT2D eigenvalue weighted by Crippen LogP contribution is 2.52. The quantitative estimate of drug-likeness (QED) is 0.817. The van der Waals surface area contributed by atoms with Crippen molar-refractivity contribution >= 4 is 15.9 Å². The first kappa shape index (κ1) is 10.2. The Labute approximate surface area is 93.8 Å². The minimum Gasteiger partial charge on any atom is -0.327 e. The van der Waals surface area contributed by atoms with Crippen LogP contribution in [0.2, 0.25) is 0 Å². The van der Waals surface area contributed by atoms with E-state index in [2.05, 4.69) is 54.0 Å². The Hall–Kier alpha value is -0.340. The summed E-state index contributed by atoms with van der Waals surface area (Å²) >= 11 is 3.60. The van der Waals surface area contributed by atoms with Crippen LogP contribution in [0.4, 0.5) is 0 Å². The van der Waals surface area contributed by atoms with E-state index in [9.17, 15) is 0 Å². The highest BCUT2D eigenvalue weighted by atomic mass is 79.9. The Kier molecular flexibility index (Phi) is 2.44. The van der Waals surface area contributed by atoms with E-state index in [-0.39, 0.29) is 5.41 Å². The summed E-state index contributed by atoms with van der Waals surface area (Å²) < 4.78 is 1.21. The molecule has 0 saturated heterocycles. The SMILES string of the molecule is CC1(C)C(N)CC1c1ccccc1Br. The van der Waals surface area contributed by atoms with Crippen molar-refractivity contribution in [3.63, 3.8) is 0 Å². The first-order chi connectivity index (χ1) is 6.53. The van der Waals surface area contributed by atoms with Crippen molar-refractivity contribution in [3.05, 3.63) is 34.3 Å². The molecule has 0 radical (unpaired) electrons. The highest BCUT2D eigenvalue weighted by molar-refractivity contribution is 9.10. The molecule has 2 rings (SSSR count). The lowest BCUT2D eigenvalue weighted by Crippen LogP contribution is -2.52. The van der Waals surface area contributed by atoms with Crippen molar-refractivity contribution < 1.29 is 0 Å². The third-order valence-electron chi connectivity index (χ3n) is 3.62. The second-order valence-electron chi connectivity index (χ2n) is 4.74. The van der Waals surface area contributed by atoms with Crippen LogP contribution in [0, 0.1) is 5.41 Å². The number of benzene rings is 1. The van der Waals surface area contributed by atoms with Crippen molar-refractivity contribution in [2.45, 2.75) is 32.2 Å². The van der Waals surface area contributed by atoms with Crippen LogP contribution in [-0.2, 0) is 0 Å². The first-order valence-electron chi connectivity index (χ1n) is 5.03. The molecule has 2 unspecified atom stereocenters. The van der Waals surface area contributed by atoms with Gasteiger partial charge in [-0.1, -0.05) is 48.0 Å². The van der Waals surface area contributed by atoms with Crippen molar-refractivity contribution in [1.29, 1.82) is 0 Å². The zero-order valence-electron chi connectivity index (χ0n) is 8.63. The van der Waals surface area contributed by atoms with Crippen LogP contribution < -0.4 is 5.73 Å². The Balaban J connectivity index is 2.30. The molecular weight excluding hydrogens is 238 g/mol. The molecule has 1 aliphatic carbocycles. The van der Waals surface area contributed by atoms with Crippen molar-refractivity contribution in [1.82, 2.24) is 0 Å². The molecule has 14 heavy (non-hydrogen) atoms. The summed E-state index contributed by atoms with van der Waals surface area (Å²) in [4.78, 5) is 0. The van der Waals surface area contributed by atoms with Crippen molar-refractivity contribution in [2.75, 3.05) is 0 Å². The average molecular weight is 254 g/mol. The lowest BCUT2D eigenvalue weighted by atomic mass is 9.57. The second kappa shape index (κ2) is 3.35. The zero-order chi connectivity index (χ0) is 10.3. The van der Waals surface area contributed by atoms with Crippen LogP contribution in [0.15, 0.2) is 28.7 Å². The summed E-state index contributed by atoms with van der Waals surface area (Å²) in [5.74, 6) is 0.605. The van der Waals surface area contributed by atoms with E-state index in [4.69, 9.17) is 5.73 Å². The number of nitrogens with two attached hydrogens (primary N) is 1. The van der Waals surface area contributed by atoms with Gasteiger partial charge in [-0.25, -0.2) is 0 Å². The van der Waals surface area contributed by atoms with E-state index in [0.717, 1.165) is 6.42 Å². The van der Waals surface area contributed by atoms with Gasteiger partial charge in [0.25, 0.3) is 0 Å². The molecule has 0 aromatic heterocycles. The van der Waals surface area contributed by atoms with Gasteiger partial charge in [-0.3, -0.25) is 0 Å². The Morgan fingerprint density at radius 2 is 2.00 bits per heavy atom. The van der Waals surface area contributed by atoms with Crippen LogP contribution >= 0.6 is 15.9 Å². The van der Waals surface area contributed by atoms with Gasteiger partial charge >= 0.3 is 0 Å². The summed E-state index contributed by atoms with van der Waals surface area (Å²) in [6, 6.07) is 8.80. The van der Waals surface area contributed by atoms with Gasteiger partial charge in [0, 0.05) is 10.5 Å². The topological polar surface area (TPSA) is 26.0 Å². The fourth-order valence-electron chi connectivity index (χ4n) is 2.24. The molecule has 2 N–H and O–H groups in total. The smallest absolute Gasteiger partial charge is 0.0210 e. The Morgan fingerprint density at radius 3 is 2.50 bits per heavy atom. The lowest BCUT2D eigenvalue weighted by molar-refractivity contribution is 0.0979. The van der Waals surface area contributed by atoms with E-state index in [1.165, 1.54) is 10.0 Å². The van der Waals surface area contributed by atoms with Crippen molar-refractivity contribution in [2.24, 2.45) is 11.1 Å². The van der Waals surface area contributed by atoms with Gasteiger partial charge in [-0.05, 0) is 29.4 Å². The standard InChI is InChI=1S/C12H16BrN/c1-12(2)9(7-11(12)14)8-5-3-4-6-10(8)13/h3-6,9,11H,7,14H2,1-2H3. The van der Waals surface area contributed by atoms with Gasteiger partial charge in [0.1, 0.15) is 0 Å². The Morgan fingerprint density at radius 1 is 1.36 bits per heavy atom. The molecular formula is C12H16BrN. The van der Waals surface area contributed by atoms with Crippen LogP contribution in [0.25, 0.3) is 0 Å².